The second-order valence-corrected chi connectivity index (χ2v) is 10.4. The number of hydrogen-bond acceptors (Lipinski definition) is 9. The number of nitrogens with one attached hydrogen (secondary N) is 2. The summed E-state index contributed by atoms with van der Waals surface area (Å²) in [6, 6.07) is 5.79. The number of nitrogens with zero attached hydrogens (tertiary/aromatic N) is 5. The third-order valence-corrected chi connectivity index (χ3v) is 7.31. The number of likely N-dealkylation sites (N-methyl/N-ethyl adjacent to an activating group) is 1. The molecule has 4 rings (SSSR count). The van der Waals surface area contributed by atoms with Gasteiger partial charge in [-0.1, -0.05) is 6.92 Å². The molecule has 2 aliphatic rings. The molecule has 11 nitrogen and oxygen atoms in total. The summed E-state index contributed by atoms with van der Waals surface area (Å²) in [5.41, 5.74) is 8.46. The van der Waals surface area contributed by atoms with Crippen molar-refractivity contribution in [2.45, 2.75) is 51.2 Å². The lowest BCUT2D eigenvalue weighted by atomic mass is 9.93. The van der Waals surface area contributed by atoms with Crippen molar-refractivity contribution in [3.05, 3.63) is 35.2 Å². The van der Waals surface area contributed by atoms with E-state index in [2.05, 4.69) is 32.5 Å². The Morgan fingerprint density at radius 3 is 2.37 bits per heavy atom. The molecule has 5 N–H and O–H groups in total. The largest absolute Gasteiger partial charge is 0.393 e. The van der Waals surface area contributed by atoms with Crippen LogP contribution in [0.3, 0.4) is 0 Å². The Morgan fingerprint density at radius 1 is 1.08 bits per heavy atom. The average molecular weight is 525 g/mol. The third kappa shape index (κ3) is 6.33. The van der Waals surface area contributed by atoms with Crippen LogP contribution in [0, 0.1) is 0 Å². The lowest BCUT2D eigenvalue weighted by Gasteiger charge is -2.35. The second-order valence-electron chi connectivity index (χ2n) is 10.4. The SMILES string of the molecule is CCc1nc(C(N)=O)c(Nc2ccc(N3CCN(C)CC3)c(C(=O)N(C)C)c2)nc1NC1CCC(O)CC1. The van der Waals surface area contributed by atoms with E-state index in [1.165, 1.54) is 0 Å². The molecule has 0 spiro atoms. The van der Waals surface area contributed by atoms with Gasteiger partial charge in [-0.25, -0.2) is 9.97 Å². The third-order valence-electron chi connectivity index (χ3n) is 7.31. The van der Waals surface area contributed by atoms with Gasteiger partial charge in [-0.3, -0.25) is 9.59 Å². The van der Waals surface area contributed by atoms with Crippen molar-refractivity contribution in [1.82, 2.24) is 19.8 Å². The minimum absolute atomic E-state index is 0.0510. The van der Waals surface area contributed by atoms with Gasteiger partial charge in [0, 0.05) is 57.7 Å². The molecule has 11 heteroatoms. The van der Waals surface area contributed by atoms with Crippen LogP contribution in [0.2, 0.25) is 0 Å². The molecule has 1 aromatic carbocycles. The molecule has 1 aromatic heterocycles. The Labute approximate surface area is 224 Å². The summed E-state index contributed by atoms with van der Waals surface area (Å²) in [6.45, 7) is 5.47. The molecule has 1 aliphatic heterocycles. The molecule has 2 aromatic rings. The highest BCUT2D eigenvalue weighted by Gasteiger charge is 2.25. The molecule has 2 fully saturated rings. The summed E-state index contributed by atoms with van der Waals surface area (Å²) in [4.78, 5) is 40.9. The van der Waals surface area contributed by atoms with Gasteiger partial charge in [-0.05, 0) is 57.4 Å². The number of hydrogen-bond donors (Lipinski definition) is 4. The number of aliphatic hydroxyl groups excluding tert-OH is 1. The molecular formula is C27H40N8O3. The summed E-state index contributed by atoms with van der Waals surface area (Å²) in [7, 11) is 5.56. The number of benzene rings is 1. The fraction of sp³-hybridized carbons (Fsp3) is 0.556. The van der Waals surface area contributed by atoms with Crippen molar-refractivity contribution in [3.63, 3.8) is 0 Å². The van der Waals surface area contributed by atoms with Crippen LogP contribution in [0.1, 0.15) is 59.1 Å². The first-order valence-electron chi connectivity index (χ1n) is 13.4. The topological polar surface area (TPSA) is 140 Å². The van der Waals surface area contributed by atoms with Crippen molar-refractivity contribution >= 4 is 34.8 Å². The van der Waals surface area contributed by atoms with Crippen LogP contribution in [0.5, 0.6) is 0 Å². The van der Waals surface area contributed by atoms with E-state index in [9.17, 15) is 14.7 Å². The van der Waals surface area contributed by atoms with Crippen molar-refractivity contribution < 1.29 is 14.7 Å². The number of aliphatic hydroxyl groups is 1. The number of piperazine rings is 1. The molecule has 0 atom stereocenters. The Kier molecular flexibility index (Phi) is 8.68. The molecular weight excluding hydrogens is 484 g/mol. The van der Waals surface area contributed by atoms with Gasteiger partial charge >= 0.3 is 0 Å². The fourth-order valence-electron chi connectivity index (χ4n) is 4.99. The molecule has 0 radical (unpaired) electrons. The lowest BCUT2D eigenvalue weighted by Crippen LogP contribution is -2.45. The summed E-state index contributed by atoms with van der Waals surface area (Å²) < 4.78 is 0. The van der Waals surface area contributed by atoms with E-state index in [1.54, 1.807) is 25.1 Å². The number of amides is 2. The molecule has 206 valence electrons. The maximum atomic E-state index is 13.2. The molecule has 1 saturated carbocycles. The van der Waals surface area contributed by atoms with Crippen LogP contribution in [-0.4, -0.2) is 96.2 Å². The number of nitrogens with two attached hydrogens (primary N) is 1. The molecule has 0 unspecified atom stereocenters. The number of rotatable bonds is 8. The Morgan fingerprint density at radius 2 is 1.76 bits per heavy atom. The van der Waals surface area contributed by atoms with Crippen LogP contribution < -0.4 is 21.3 Å². The van der Waals surface area contributed by atoms with Crippen molar-refractivity contribution in [1.29, 1.82) is 0 Å². The standard InChI is InChI=1S/C27H40N8O3/c1-5-21-25(29-17-6-9-19(36)10-7-17)32-26(23(31-21)24(28)37)30-18-8-11-22(20(16-18)27(38)33(2)3)35-14-12-34(4)13-15-35/h8,11,16-17,19,36H,5-7,9-10,12-15H2,1-4H3,(H2,28,37)(H2,29,30,32). The normalized spacial score (nSPS) is 20.2. The van der Waals surface area contributed by atoms with E-state index in [0.29, 0.717) is 29.2 Å². The van der Waals surface area contributed by atoms with Crippen molar-refractivity contribution in [2.75, 3.05) is 62.9 Å². The number of aryl methyl sites for hydroxylation is 1. The first-order valence-corrected chi connectivity index (χ1v) is 13.4. The van der Waals surface area contributed by atoms with E-state index in [1.807, 2.05) is 19.1 Å². The van der Waals surface area contributed by atoms with Crippen molar-refractivity contribution in [3.8, 4) is 0 Å². The molecule has 1 aliphatic carbocycles. The van der Waals surface area contributed by atoms with Crippen LogP contribution >= 0.6 is 0 Å². The van der Waals surface area contributed by atoms with E-state index in [-0.39, 0.29) is 29.6 Å². The van der Waals surface area contributed by atoms with Gasteiger partial charge in [0.1, 0.15) is 5.82 Å². The smallest absolute Gasteiger partial charge is 0.271 e. The van der Waals surface area contributed by atoms with E-state index in [4.69, 9.17) is 10.7 Å². The van der Waals surface area contributed by atoms with E-state index < -0.39 is 5.91 Å². The molecule has 2 heterocycles. The Hall–Kier alpha value is -3.44. The Bertz CT molecular complexity index is 1160. The number of carbonyl (C=O) groups excluding carboxylic acids is 2. The summed E-state index contributed by atoms with van der Waals surface area (Å²) in [6.07, 6.45) is 3.45. The second kappa shape index (κ2) is 12.0. The van der Waals surface area contributed by atoms with Gasteiger partial charge in [0.05, 0.1) is 17.4 Å². The monoisotopic (exact) mass is 524 g/mol. The predicted octanol–water partition coefficient (Wildman–Crippen LogP) is 2.05. The minimum Gasteiger partial charge on any atom is -0.393 e. The molecule has 1 saturated heterocycles. The van der Waals surface area contributed by atoms with Gasteiger partial charge in [0.2, 0.25) is 0 Å². The molecule has 0 bridgehead atoms. The Balaban J connectivity index is 1.67. The minimum atomic E-state index is -0.680. The van der Waals surface area contributed by atoms with Gasteiger partial charge in [-0.2, -0.15) is 0 Å². The van der Waals surface area contributed by atoms with Gasteiger partial charge in [0.15, 0.2) is 11.5 Å². The number of primary amides is 1. The zero-order chi connectivity index (χ0) is 27.4. The maximum Gasteiger partial charge on any atom is 0.271 e. The van der Waals surface area contributed by atoms with Gasteiger partial charge in [0.25, 0.3) is 11.8 Å². The summed E-state index contributed by atoms with van der Waals surface area (Å²) in [5, 5.41) is 16.5. The zero-order valence-corrected chi connectivity index (χ0v) is 22.8. The van der Waals surface area contributed by atoms with Crippen LogP contribution in [-0.2, 0) is 6.42 Å². The van der Waals surface area contributed by atoms with Crippen LogP contribution in [0.4, 0.5) is 23.0 Å². The molecule has 38 heavy (non-hydrogen) atoms. The van der Waals surface area contributed by atoms with Crippen LogP contribution in [0.25, 0.3) is 0 Å². The molecule has 2 amide bonds. The highest BCUT2D eigenvalue weighted by Crippen LogP contribution is 2.30. The van der Waals surface area contributed by atoms with Crippen molar-refractivity contribution in [2.24, 2.45) is 5.73 Å². The summed E-state index contributed by atoms with van der Waals surface area (Å²) in [5.74, 6) is 0.0522. The van der Waals surface area contributed by atoms with Gasteiger partial charge < -0.3 is 36.2 Å². The number of anilines is 4. The van der Waals surface area contributed by atoms with Crippen LogP contribution in [0.15, 0.2) is 18.2 Å². The highest BCUT2D eigenvalue weighted by atomic mass is 16.3. The highest BCUT2D eigenvalue weighted by molar-refractivity contribution is 6.01. The maximum absolute atomic E-state index is 13.2. The first kappa shape index (κ1) is 27.6. The van der Waals surface area contributed by atoms with Gasteiger partial charge in [-0.15, -0.1) is 0 Å². The quantitative estimate of drug-likeness (QED) is 0.408. The zero-order valence-electron chi connectivity index (χ0n) is 22.8. The average Bonchev–Trinajstić information content (AvgIpc) is 2.90. The fourth-order valence-corrected chi connectivity index (χ4v) is 4.99. The predicted molar refractivity (Wildman–Crippen MR) is 149 cm³/mol. The summed E-state index contributed by atoms with van der Waals surface area (Å²) >= 11 is 0. The first-order chi connectivity index (χ1) is 18.2. The lowest BCUT2D eigenvalue weighted by molar-refractivity contribution is 0.0827. The number of carbonyl (C=O) groups is 2. The van der Waals surface area contributed by atoms with E-state index >= 15 is 0 Å². The number of aromatic nitrogens is 2. The van der Waals surface area contributed by atoms with E-state index in [0.717, 1.165) is 57.5 Å².